The zero-order valence-corrected chi connectivity index (χ0v) is 42.9. The molecule has 1 rings (SSSR count). The van der Waals surface area contributed by atoms with Gasteiger partial charge in [0.05, 0.1) is 6.61 Å². The van der Waals surface area contributed by atoms with Crippen molar-refractivity contribution in [2.75, 3.05) is 13.2 Å². The molecule has 1 aliphatic rings. The Morgan fingerprint density at radius 2 is 0.851 bits per heavy atom. The van der Waals surface area contributed by atoms with Crippen molar-refractivity contribution < 1.29 is 63.1 Å². The van der Waals surface area contributed by atoms with Crippen LogP contribution < -0.4 is 0 Å². The Morgan fingerprint density at radius 1 is 0.493 bits per heavy atom. The first-order valence-electron chi connectivity index (χ1n) is 27.1. The van der Waals surface area contributed by atoms with Crippen molar-refractivity contribution in [1.29, 1.82) is 0 Å². The number of hydrogen-bond donors (Lipinski definition) is 6. The van der Waals surface area contributed by atoms with Crippen LogP contribution in [-0.2, 0) is 32.7 Å². The first-order valence-corrected chi connectivity index (χ1v) is 28.6. The van der Waals surface area contributed by atoms with Crippen LogP contribution in [0.5, 0.6) is 0 Å². The number of allylic oxidation sites excluding steroid dienone is 3. The summed E-state index contributed by atoms with van der Waals surface area (Å²) in [7, 11) is -5.13. The van der Waals surface area contributed by atoms with E-state index in [1.165, 1.54) is 161 Å². The molecular formula is C53H99O13P. The third-order valence-electron chi connectivity index (χ3n) is 12.9. The van der Waals surface area contributed by atoms with Gasteiger partial charge in [0, 0.05) is 12.8 Å². The quantitative estimate of drug-likeness (QED) is 0.0145. The Bertz CT molecular complexity index is 1250. The molecule has 6 unspecified atom stereocenters. The number of rotatable bonds is 47. The summed E-state index contributed by atoms with van der Waals surface area (Å²) in [4.78, 5) is 35.8. The summed E-state index contributed by atoms with van der Waals surface area (Å²) in [6, 6.07) is 0. The van der Waals surface area contributed by atoms with E-state index in [1.54, 1.807) is 0 Å². The molecule has 8 atom stereocenters. The van der Waals surface area contributed by atoms with Gasteiger partial charge in [-0.1, -0.05) is 205 Å². The lowest BCUT2D eigenvalue weighted by molar-refractivity contribution is -0.220. The average Bonchev–Trinajstić information content (AvgIpc) is 3.31. The van der Waals surface area contributed by atoms with E-state index in [4.69, 9.17) is 18.5 Å². The largest absolute Gasteiger partial charge is 0.472 e. The number of aliphatic hydroxyl groups excluding tert-OH is 5. The van der Waals surface area contributed by atoms with Crippen molar-refractivity contribution in [3.63, 3.8) is 0 Å². The van der Waals surface area contributed by atoms with Crippen LogP contribution in [0.2, 0.25) is 0 Å². The normalized spacial score (nSPS) is 21.1. The SMILES string of the molecule is C=CCCCCCCCCCCCCCCCC(=O)O[C@@H](COC(=O)CCC/C=C/CCCCCCCCCCCCCCCCCCCC)COP(=O)(O)OC1C(O)C(O)C(O)[C@H](O)C1O. The maximum Gasteiger partial charge on any atom is 0.472 e. The molecule has 1 saturated carbocycles. The van der Waals surface area contributed by atoms with Crippen molar-refractivity contribution in [1.82, 2.24) is 0 Å². The maximum absolute atomic E-state index is 12.9. The fraction of sp³-hybridized carbons (Fsp3) is 0.887. The highest BCUT2D eigenvalue weighted by Gasteiger charge is 2.51. The molecule has 0 amide bonds. The fourth-order valence-electron chi connectivity index (χ4n) is 8.57. The Morgan fingerprint density at radius 3 is 1.28 bits per heavy atom. The van der Waals surface area contributed by atoms with Gasteiger partial charge in [0.1, 0.15) is 43.2 Å². The number of carbonyl (C=O) groups is 2. The molecule has 0 aliphatic heterocycles. The third kappa shape index (κ3) is 35.1. The zero-order valence-electron chi connectivity index (χ0n) is 42.0. The summed E-state index contributed by atoms with van der Waals surface area (Å²) in [6.45, 7) is 4.85. The van der Waals surface area contributed by atoms with Crippen molar-refractivity contribution in [3.05, 3.63) is 24.8 Å². The number of unbranched alkanes of at least 4 members (excludes halogenated alkanes) is 32. The molecule has 1 fully saturated rings. The smallest absolute Gasteiger partial charge is 0.462 e. The van der Waals surface area contributed by atoms with E-state index in [0.717, 1.165) is 44.9 Å². The molecule has 0 bridgehead atoms. The Hall–Kier alpha value is -1.67. The second kappa shape index (κ2) is 43.1. The second-order valence-electron chi connectivity index (χ2n) is 19.2. The van der Waals surface area contributed by atoms with Crippen LogP contribution in [-0.4, -0.2) is 98.3 Å². The minimum absolute atomic E-state index is 0.0922. The summed E-state index contributed by atoms with van der Waals surface area (Å²) in [5.74, 6) is -1.13. The first kappa shape index (κ1) is 63.3. The van der Waals surface area contributed by atoms with Crippen LogP contribution in [0.4, 0.5) is 0 Å². The van der Waals surface area contributed by atoms with Gasteiger partial charge in [-0.2, -0.15) is 0 Å². The summed E-state index contributed by atoms with van der Waals surface area (Å²) >= 11 is 0. The van der Waals surface area contributed by atoms with E-state index >= 15 is 0 Å². The van der Waals surface area contributed by atoms with Crippen molar-refractivity contribution in [2.24, 2.45) is 0 Å². The fourth-order valence-corrected chi connectivity index (χ4v) is 9.54. The van der Waals surface area contributed by atoms with Crippen LogP contribution in [0.25, 0.3) is 0 Å². The lowest BCUT2D eigenvalue weighted by atomic mass is 9.85. The van der Waals surface area contributed by atoms with Crippen LogP contribution >= 0.6 is 7.82 Å². The van der Waals surface area contributed by atoms with E-state index in [0.29, 0.717) is 19.3 Å². The van der Waals surface area contributed by atoms with Crippen LogP contribution in [0, 0.1) is 0 Å². The summed E-state index contributed by atoms with van der Waals surface area (Å²) < 4.78 is 33.6. The molecule has 14 heteroatoms. The van der Waals surface area contributed by atoms with Gasteiger partial charge in [0.2, 0.25) is 0 Å². The molecule has 6 N–H and O–H groups in total. The molecule has 0 aromatic heterocycles. The predicted molar refractivity (Wildman–Crippen MR) is 267 cm³/mol. The van der Waals surface area contributed by atoms with E-state index in [-0.39, 0.29) is 12.8 Å². The van der Waals surface area contributed by atoms with Gasteiger partial charge in [-0.15, -0.1) is 6.58 Å². The lowest BCUT2D eigenvalue weighted by Crippen LogP contribution is -2.64. The molecule has 0 radical (unpaired) electrons. The number of esters is 2. The number of carbonyl (C=O) groups excluding carboxylic acids is 2. The van der Waals surface area contributed by atoms with Crippen LogP contribution in [0.15, 0.2) is 24.8 Å². The van der Waals surface area contributed by atoms with Gasteiger partial charge < -0.3 is 39.9 Å². The van der Waals surface area contributed by atoms with E-state index in [1.807, 2.05) is 6.08 Å². The topological polar surface area (TPSA) is 210 Å². The molecular weight excluding hydrogens is 876 g/mol. The minimum Gasteiger partial charge on any atom is -0.462 e. The highest BCUT2D eigenvalue weighted by Crippen LogP contribution is 2.47. The van der Waals surface area contributed by atoms with Gasteiger partial charge in [-0.05, 0) is 44.9 Å². The first-order chi connectivity index (χ1) is 32.4. The predicted octanol–water partition coefficient (Wildman–Crippen LogP) is 12.0. The van der Waals surface area contributed by atoms with Gasteiger partial charge in [-0.25, -0.2) is 4.57 Å². The van der Waals surface area contributed by atoms with Crippen molar-refractivity contribution >= 4 is 19.8 Å². The molecule has 394 valence electrons. The standard InChI is InChI=1S/C53H99O13P/c1-3-5-7-9-11-13-15-17-19-20-21-22-23-24-25-26-28-29-31-33-35-37-39-41-46(54)63-43-45(44-64-67(61,62)66-53-51(59)49(57)48(56)50(58)52(53)60)65-47(55)42-40-38-36-34-32-30-27-18-16-14-12-10-8-6-4-2/h4,33,35,45,48-53,56-60H,2-3,5-32,34,36-44H2,1H3,(H,61,62)/b35-33+/t45-,48?,49-,50?,51?,52?,53?/m0/s1. The Kier molecular flexibility index (Phi) is 40.8. The third-order valence-corrected chi connectivity index (χ3v) is 13.9. The monoisotopic (exact) mass is 975 g/mol. The number of phosphoric acid groups is 1. The number of phosphoric ester groups is 1. The van der Waals surface area contributed by atoms with Crippen LogP contribution in [0.3, 0.4) is 0 Å². The lowest BCUT2D eigenvalue weighted by Gasteiger charge is -2.41. The number of hydrogen-bond acceptors (Lipinski definition) is 12. The highest BCUT2D eigenvalue weighted by molar-refractivity contribution is 7.47. The highest BCUT2D eigenvalue weighted by atomic mass is 31.2. The molecule has 13 nitrogen and oxygen atoms in total. The summed E-state index contributed by atoms with van der Waals surface area (Å²) in [5.41, 5.74) is 0. The average molecular weight is 975 g/mol. The van der Waals surface area contributed by atoms with Crippen LogP contribution in [0.1, 0.15) is 244 Å². The van der Waals surface area contributed by atoms with E-state index in [9.17, 15) is 44.6 Å². The second-order valence-corrected chi connectivity index (χ2v) is 20.6. The van der Waals surface area contributed by atoms with Gasteiger partial charge in [0.25, 0.3) is 0 Å². The van der Waals surface area contributed by atoms with Crippen molar-refractivity contribution in [2.45, 2.75) is 287 Å². The Balaban J connectivity index is 2.34. The molecule has 1 aliphatic carbocycles. The Labute approximate surface area is 406 Å². The maximum atomic E-state index is 12.9. The molecule has 0 heterocycles. The van der Waals surface area contributed by atoms with Crippen molar-refractivity contribution in [3.8, 4) is 0 Å². The van der Waals surface area contributed by atoms with E-state index in [2.05, 4.69) is 25.7 Å². The number of ether oxygens (including phenoxy) is 2. The molecule has 0 spiro atoms. The molecule has 0 aromatic rings. The summed E-state index contributed by atoms with van der Waals surface area (Å²) in [6.07, 6.45) is 35.6. The van der Waals surface area contributed by atoms with Gasteiger partial charge in [0.15, 0.2) is 6.10 Å². The zero-order chi connectivity index (χ0) is 49.2. The van der Waals surface area contributed by atoms with Gasteiger partial charge >= 0.3 is 19.8 Å². The molecule has 0 saturated heterocycles. The summed E-state index contributed by atoms with van der Waals surface area (Å²) in [5, 5.41) is 50.3. The number of aliphatic hydroxyl groups is 5. The van der Waals surface area contributed by atoms with E-state index < -0.39 is 75.7 Å². The minimum atomic E-state index is -5.13. The van der Waals surface area contributed by atoms with Gasteiger partial charge in [-0.3, -0.25) is 18.6 Å². The molecule has 67 heavy (non-hydrogen) atoms. The molecule has 0 aromatic carbocycles.